The number of sulfone groups is 1. The molecule has 0 bridgehead atoms. The van der Waals surface area contributed by atoms with Crippen molar-refractivity contribution in [1.29, 1.82) is 0 Å². The van der Waals surface area contributed by atoms with E-state index in [-0.39, 0.29) is 11.8 Å². The van der Waals surface area contributed by atoms with Crippen LogP contribution in [0.2, 0.25) is 5.15 Å². The molecule has 0 fully saturated rings. The topological polar surface area (TPSA) is 59.1 Å². The van der Waals surface area contributed by atoms with Crippen molar-refractivity contribution < 1.29 is 8.42 Å². The first-order valence-electron chi connectivity index (χ1n) is 6.36. The van der Waals surface area contributed by atoms with Gasteiger partial charge in [-0.3, -0.25) is 0 Å². The third-order valence-corrected chi connectivity index (χ3v) is 5.99. The van der Waals surface area contributed by atoms with Crippen LogP contribution >= 0.6 is 27.5 Å². The van der Waals surface area contributed by atoms with Gasteiger partial charge in [-0.15, -0.1) is 0 Å². The second-order valence-corrected chi connectivity index (χ2v) is 8.19. The first-order chi connectivity index (χ1) is 9.97. The van der Waals surface area contributed by atoms with Crippen molar-refractivity contribution in [2.24, 2.45) is 0 Å². The van der Waals surface area contributed by atoms with E-state index in [9.17, 15) is 8.42 Å². The molecule has 0 saturated carbocycles. The Balaban J connectivity index is 1.99. The zero-order valence-electron chi connectivity index (χ0n) is 10.9. The summed E-state index contributed by atoms with van der Waals surface area (Å²) in [7, 11) is -3.18. The van der Waals surface area contributed by atoms with Crippen LogP contribution in [0.1, 0.15) is 18.0 Å². The minimum Gasteiger partial charge on any atom is -0.376 e. The molecule has 1 aromatic carbocycles. The molecule has 0 amide bonds. The standard InChI is InChI=1S/C14H12BrClN2O2S/c15-9-7-12(14(16)17-8-9)18-11-5-6-21(19,20)13-4-2-1-3-10(11)13/h1-4,7-8,11,18H,5-6H2. The fraction of sp³-hybridized carbons (Fsp3) is 0.214. The highest BCUT2D eigenvalue weighted by atomic mass is 79.9. The molecular formula is C14H12BrClN2O2S. The van der Waals surface area contributed by atoms with Crippen LogP contribution in [-0.4, -0.2) is 19.2 Å². The summed E-state index contributed by atoms with van der Waals surface area (Å²) >= 11 is 9.44. The quantitative estimate of drug-likeness (QED) is 0.796. The molecule has 7 heteroatoms. The maximum Gasteiger partial charge on any atom is 0.178 e. The number of nitrogens with zero attached hydrogens (tertiary/aromatic N) is 1. The highest BCUT2D eigenvalue weighted by Gasteiger charge is 2.30. The Morgan fingerprint density at radius 1 is 1.33 bits per heavy atom. The van der Waals surface area contributed by atoms with E-state index in [0.717, 1.165) is 10.0 Å². The van der Waals surface area contributed by atoms with Crippen molar-refractivity contribution in [3.63, 3.8) is 0 Å². The number of aromatic nitrogens is 1. The molecular weight excluding hydrogens is 376 g/mol. The molecule has 3 rings (SSSR count). The van der Waals surface area contributed by atoms with Gasteiger partial charge in [0, 0.05) is 10.7 Å². The zero-order valence-corrected chi connectivity index (χ0v) is 14.0. The van der Waals surface area contributed by atoms with Gasteiger partial charge in [-0.1, -0.05) is 29.8 Å². The van der Waals surface area contributed by atoms with Crippen molar-refractivity contribution in [3.05, 3.63) is 51.7 Å². The molecule has 21 heavy (non-hydrogen) atoms. The molecule has 0 saturated heterocycles. The maximum absolute atomic E-state index is 12.1. The minimum atomic E-state index is -3.18. The Hall–Kier alpha value is -1.11. The summed E-state index contributed by atoms with van der Waals surface area (Å²) in [5, 5.41) is 3.66. The van der Waals surface area contributed by atoms with Crippen LogP contribution in [0.25, 0.3) is 0 Å². The fourth-order valence-electron chi connectivity index (χ4n) is 2.45. The molecule has 0 aliphatic carbocycles. The molecule has 4 nitrogen and oxygen atoms in total. The van der Waals surface area contributed by atoms with Crippen molar-refractivity contribution in [2.75, 3.05) is 11.1 Å². The van der Waals surface area contributed by atoms with Gasteiger partial charge in [0.15, 0.2) is 15.0 Å². The van der Waals surface area contributed by atoms with E-state index >= 15 is 0 Å². The molecule has 1 N–H and O–H groups in total. The second kappa shape index (κ2) is 5.59. The van der Waals surface area contributed by atoms with Gasteiger partial charge in [-0.25, -0.2) is 13.4 Å². The summed E-state index contributed by atoms with van der Waals surface area (Å²) < 4.78 is 25.0. The minimum absolute atomic E-state index is 0.0988. The van der Waals surface area contributed by atoms with Crippen molar-refractivity contribution in [3.8, 4) is 0 Å². The fourth-order valence-corrected chi connectivity index (χ4v) is 4.56. The Bertz CT molecular complexity index is 795. The summed E-state index contributed by atoms with van der Waals surface area (Å²) in [6.45, 7) is 0. The van der Waals surface area contributed by atoms with Crippen LogP contribution in [0.15, 0.2) is 45.9 Å². The summed E-state index contributed by atoms with van der Waals surface area (Å²) in [5.74, 6) is 0.126. The van der Waals surface area contributed by atoms with Gasteiger partial charge in [-0.2, -0.15) is 0 Å². The number of fused-ring (bicyclic) bond motifs is 1. The second-order valence-electron chi connectivity index (χ2n) is 4.83. The van der Waals surface area contributed by atoms with Gasteiger partial charge in [-0.05, 0) is 40.0 Å². The smallest absolute Gasteiger partial charge is 0.178 e. The number of halogens is 2. The average molecular weight is 388 g/mol. The van der Waals surface area contributed by atoms with Gasteiger partial charge in [0.25, 0.3) is 0 Å². The average Bonchev–Trinajstić information content (AvgIpc) is 2.46. The molecule has 1 aliphatic heterocycles. The first-order valence-corrected chi connectivity index (χ1v) is 9.19. The largest absolute Gasteiger partial charge is 0.376 e. The van der Waals surface area contributed by atoms with Crippen LogP contribution < -0.4 is 5.32 Å². The Morgan fingerprint density at radius 2 is 2.10 bits per heavy atom. The Kier molecular flexibility index (Phi) is 3.94. The van der Waals surface area contributed by atoms with E-state index in [1.165, 1.54) is 0 Å². The number of pyridine rings is 1. The van der Waals surface area contributed by atoms with E-state index in [2.05, 4.69) is 26.2 Å². The normalized spacial score (nSPS) is 19.8. The SMILES string of the molecule is O=S1(=O)CCC(Nc2cc(Br)cnc2Cl)c2ccccc21. The number of anilines is 1. The van der Waals surface area contributed by atoms with E-state index < -0.39 is 9.84 Å². The predicted molar refractivity (Wildman–Crippen MR) is 86.4 cm³/mol. The number of nitrogens with one attached hydrogen (secondary N) is 1. The van der Waals surface area contributed by atoms with Gasteiger partial charge in [0.05, 0.1) is 22.4 Å². The van der Waals surface area contributed by atoms with Crippen LogP contribution in [0.3, 0.4) is 0 Å². The molecule has 110 valence electrons. The summed E-state index contributed by atoms with van der Waals surface area (Å²) in [6.07, 6.45) is 2.12. The van der Waals surface area contributed by atoms with Crippen molar-refractivity contribution >= 4 is 43.1 Å². The zero-order chi connectivity index (χ0) is 15.0. The lowest BCUT2D eigenvalue weighted by Crippen LogP contribution is -2.24. The number of hydrogen-bond acceptors (Lipinski definition) is 4. The molecule has 1 atom stereocenters. The number of benzene rings is 1. The Morgan fingerprint density at radius 3 is 2.90 bits per heavy atom. The third-order valence-electron chi connectivity index (χ3n) is 3.44. The maximum atomic E-state index is 12.1. The summed E-state index contributed by atoms with van der Waals surface area (Å²) in [5.41, 5.74) is 1.46. The van der Waals surface area contributed by atoms with Gasteiger partial charge >= 0.3 is 0 Å². The number of rotatable bonds is 2. The summed E-state index contributed by atoms with van der Waals surface area (Å²) in [6, 6.07) is 8.81. The molecule has 0 radical (unpaired) electrons. The van der Waals surface area contributed by atoms with Crippen molar-refractivity contribution in [1.82, 2.24) is 4.98 Å². The molecule has 1 unspecified atom stereocenters. The van der Waals surface area contributed by atoms with Crippen LogP contribution in [0, 0.1) is 0 Å². The Labute approximate surface area is 136 Å². The monoisotopic (exact) mass is 386 g/mol. The lowest BCUT2D eigenvalue weighted by molar-refractivity contribution is 0.576. The predicted octanol–water partition coefficient (Wildman–Crippen LogP) is 3.83. The molecule has 1 aromatic heterocycles. The highest BCUT2D eigenvalue weighted by Crippen LogP contribution is 2.36. The van der Waals surface area contributed by atoms with Crippen LogP contribution in [-0.2, 0) is 9.84 Å². The molecule has 0 spiro atoms. The first kappa shape index (κ1) is 14.8. The van der Waals surface area contributed by atoms with Crippen molar-refractivity contribution in [2.45, 2.75) is 17.4 Å². The van der Waals surface area contributed by atoms with Gasteiger partial charge in [0.2, 0.25) is 0 Å². The van der Waals surface area contributed by atoms with Crippen LogP contribution in [0.4, 0.5) is 5.69 Å². The summed E-state index contributed by atoms with van der Waals surface area (Å²) in [4.78, 5) is 4.46. The lowest BCUT2D eigenvalue weighted by Gasteiger charge is -2.27. The van der Waals surface area contributed by atoms with Gasteiger partial charge in [0.1, 0.15) is 0 Å². The lowest BCUT2D eigenvalue weighted by atomic mass is 10.0. The molecule has 2 heterocycles. The molecule has 1 aliphatic rings. The number of hydrogen-bond donors (Lipinski definition) is 1. The van der Waals surface area contributed by atoms with E-state index in [1.807, 2.05) is 18.2 Å². The third kappa shape index (κ3) is 2.93. The van der Waals surface area contributed by atoms with Gasteiger partial charge < -0.3 is 5.32 Å². The molecule has 2 aromatic rings. The highest BCUT2D eigenvalue weighted by molar-refractivity contribution is 9.10. The van der Waals surface area contributed by atoms with E-state index in [0.29, 0.717) is 22.2 Å². The van der Waals surface area contributed by atoms with E-state index in [4.69, 9.17) is 11.6 Å². The van der Waals surface area contributed by atoms with Crippen LogP contribution in [0.5, 0.6) is 0 Å². The van der Waals surface area contributed by atoms with E-state index in [1.54, 1.807) is 18.3 Å².